The van der Waals surface area contributed by atoms with Gasteiger partial charge in [-0.15, -0.1) is 0 Å². The van der Waals surface area contributed by atoms with Gasteiger partial charge in [-0.3, -0.25) is 4.79 Å². The highest BCUT2D eigenvalue weighted by Gasteiger charge is 2.23. The van der Waals surface area contributed by atoms with Crippen LogP contribution in [0.4, 0.5) is 0 Å². The fourth-order valence-electron chi connectivity index (χ4n) is 1.50. The van der Waals surface area contributed by atoms with E-state index in [1.165, 1.54) is 0 Å². The van der Waals surface area contributed by atoms with E-state index in [1.54, 1.807) is 0 Å². The molecule has 2 N–H and O–H groups in total. The van der Waals surface area contributed by atoms with Gasteiger partial charge >= 0.3 is 0 Å². The molecule has 2 unspecified atom stereocenters. The molecule has 1 rings (SSSR count). The number of amides is 1. The van der Waals surface area contributed by atoms with E-state index in [2.05, 4.69) is 23.3 Å². The Labute approximate surface area is 85.1 Å². The number of carbonyl (C=O) groups excluding carboxylic acids is 1. The minimum absolute atomic E-state index is 0.150. The minimum Gasteiger partial charge on any atom is -0.354 e. The monoisotopic (exact) mass is 202 g/mol. The van der Waals surface area contributed by atoms with Crippen molar-refractivity contribution in [2.45, 2.75) is 37.5 Å². The Morgan fingerprint density at radius 1 is 1.69 bits per heavy atom. The summed E-state index contributed by atoms with van der Waals surface area (Å²) in [6.45, 7) is 3.74. The van der Waals surface area contributed by atoms with Crippen molar-refractivity contribution >= 4 is 18.5 Å². The third-order valence-electron chi connectivity index (χ3n) is 2.31. The van der Waals surface area contributed by atoms with E-state index in [9.17, 15) is 4.79 Å². The summed E-state index contributed by atoms with van der Waals surface area (Å²) in [5.74, 6) is 0.150. The van der Waals surface area contributed by atoms with Crippen molar-refractivity contribution < 1.29 is 4.79 Å². The quantitative estimate of drug-likeness (QED) is 0.583. The number of thiol groups is 1. The second kappa shape index (κ2) is 5.50. The van der Waals surface area contributed by atoms with Crippen LogP contribution in [0.5, 0.6) is 0 Å². The summed E-state index contributed by atoms with van der Waals surface area (Å²) >= 11 is 4.43. The van der Waals surface area contributed by atoms with Gasteiger partial charge in [-0.25, -0.2) is 0 Å². The number of hydrogen-bond acceptors (Lipinski definition) is 3. The molecule has 0 aromatic heterocycles. The third kappa shape index (κ3) is 3.56. The van der Waals surface area contributed by atoms with Gasteiger partial charge in [-0.05, 0) is 19.4 Å². The molecular weight excluding hydrogens is 184 g/mol. The maximum absolute atomic E-state index is 11.1. The molecule has 1 amide bonds. The summed E-state index contributed by atoms with van der Waals surface area (Å²) in [4.78, 5) is 11.1. The topological polar surface area (TPSA) is 41.1 Å². The molecule has 76 valence electrons. The molecule has 1 saturated heterocycles. The highest BCUT2D eigenvalue weighted by atomic mass is 32.1. The zero-order chi connectivity index (χ0) is 9.68. The first kappa shape index (κ1) is 10.9. The van der Waals surface area contributed by atoms with Gasteiger partial charge in [0.05, 0.1) is 0 Å². The Morgan fingerprint density at radius 2 is 2.46 bits per heavy atom. The van der Waals surface area contributed by atoms with E-state index in [0.29, 0.717) is 24.3 Å². The van der Waals surface area contributed by atoms with Crippen LogP contribution in [0.2, 0.25) is 0 Å². The fraction of sp³-hybridized carbons (Fsp3) is 0.889. The van der Waals surface area contributed by atoms with Crippen LogP contribution < -0.4 is 10.6 Å². The number of hydrogen-bond donors (Lipinski definition) is 3. The molecule has 0 radical (unpaired) electrons. The molecule has 3 nitrogen and oxygen atoms in total. The molecule has 1 aliphatic heterocycles. The summed E-state index contributed by atoms with van der Waals surface area (Å²) in [5.41, 5.74) is 0. The van der Waals surface area contributed by atoms with Gasteiger partial charge in [0.2, 0.25) is 5.91 Å². The van der Waals surface area contributed by atoms with Crippen molar-refractivity contribution in [1.82, 2.24) is 10.6 Å². The van der Waals surface area contributed by atoms with E-state index in [-0.39, 0.29) is 5.91 Å². The van der Waals surface area contributed by atoms with Crippen molar-refractivity contribution in [2.75, 3.05) is 13.1 Å². The van der Waals surface area contributed by atoms with Gasteiger partial charge in [0.1, 0.15) is 0 Å². The summed E-state index contributed by atoms with van der Waals surface area (Å²) in [5, 5.41) is 6.61. The molecule has 0 bridgehead atoms. The number of rotatable bonds is 4. The molecule has 0 aromatic rings. The molecule has 0 aliphatic carbocycles. The van der Waals surface area contributed by atoms with Crippen LogP contribution in [-0.2, 0) is 4.79 Å². The molecule has 1 aliphatic rings. The fourth-order valence-corrected chi connectivity index (χ4v) is 1.84. The van der Waals surface area contributed by atoms with Crippen LogP contribution in [0.25, 0.3) is 0 Å². The third-order valence-corrected chi connectivity index (χ3v) is 2.93. The van der Waals surface area contributed by atoms with Crippen molar-refractivity contribution in [2.24, 2.45) is 0 Å². The molecule has 1 heterocycles. The molecule has 4 heteroatoms. The first-order valence-corrected chi connectivity index (χ1v) is 5.43. The molecular formula is C9H18N2OS. The Morgan fingerprint density at radius 3 is 3.00 bits per heavy atom. The summed E-state index contributed by atoms with van der Waals surface area (Å²) < 4.78 is 0. The molecule has 13 heavy (non-hydrogen) atoms. The average Bonchev–Trinajstić information content (AvgIpc) is 2.48. The van der Waals surface area contributed by atoms with Crippen molar-refractivity contribution in [1.29, 1.82) is 0 Å². The van der Waals surface area contributed by atoms with Gasteiger partial charge in [-0.2, -0.15) is 12.6 Å². The van der Waals surface area contributed by atoms with E-state index in [4.69, 9.17) is 0 Å². The van der Waals surface area contributed by atoms with E-state index in [1.807, 2.05) is 6.92 Å². The minimum atomic E-state index is 0.150. The smallest absolute Gasteiger partial charge is 0.220 e. The van der Waals surface area contributed by atoms with Crippen LogP contribution in [-0.4, -0.2) is 30.3 Å². The zero-order valence-corrected chi connectivity index (χ0v) is 8.94. The van der Waals surface area contributed by atoms with Gasteiger partial charge in [-0.1, -0.05) is 6.92 Å². The first-order valence-electron chi connectivity index (χ1n) is 4.92. The van der Waals surface area contributed by atoms with Crippen molar-refractivity contribution in [3.8, 4) is 0 Å². The van der Waals surface area contributed by atoms with E-state index in [0.717, 1.165) is 19.4 Å². The second-order valence-electron chi connectivity index (χ2n) is 3.47. The van der Waals surface area contributed by atoms with Crippen molar-refractivity contribution in [3.05, 3.63) is 0 Å². The molecule has 0 spiro atoms. The highest BCUT2D eigenvalue weighted by molar-refractivity contribution is 7.81. The second-order valence-corrected chi connectivity index (χ2v) is 4.13. The average molecular weight is 202 g/mol. The zero-order valence-electron chi connectivity index (χ0n) is 8.05. The van der Waals surface area contributed by atoms with Crippen LogP contribution in [0, 0.1) is 0 Å². The normalized spacial score (nSPS) is 27.5. The lowest BCUT2D eigenvalue weighted by Gasteiger charge is -2.15. The molecule has 0 aromatic carbocycles. The Kier molecular flexibility index (Phi) is 4.59. The molecule has 1 fully saturated rings. The Hall–Kier alpha value is -0.220. The van der Waals surface area contributed by atoms with Gasteiger partial charge in [0.15, 0.2) is 0 Å². The van der Waals surface area contributed by atoms with E-state index < -0.39 is 0 Å². The predicted molar refractivity (Wildman–Crippen MR) is 57.1 cm³/mol. The van der Waals surface area contributed by atoms with Crippen LogP contribution in [0.15, 0.2) is 0 Å². The maximum Gasteiger partial charge on any atom is 0.220 e. The van der Waals surface area contributed by atoms with Gasteiger partial charge in [0, 0.05) is 24.3 Å². The van der Waals surface area contributed by atoms with Gasteiger partial charge < -0.3 is 10.6 Å². The van der Waals surface area contributed by atoms with Crippen LogP contribution in [0.1, 0.15) is 26.2 Å². The largest absolute Gasteiger partial charge is 0.354 e. The standard InChI is InChI=1S/C9H18N2OS/c1-2-3-9(12)11-6-7-8(13)4-5-10-7/h7-8,10,13H,2-6H2,1H3,(H,11,12). The maximum atomic E-state index is 11.1. The highest BCUT2D eigenvalue weighted by Crippen LogP contribution is 2.12. The lowest BCUT2D eigenvalue weighted by Crippen LogP contribution is -2.40. The lowest BCUT2D eigenvalue weighted by molar-refractivity contribution is -0.121. The van der Waals surface area contributed by atoms with Crippen molar-refractivity contribution in [3.63, 3.8) is 0 Å². The lowest BCUT2D eigenvalue weighted by atomic mass is 10.2. The van der Waals surface area contributed by atoms with E-state index >= 15 is 0 Å². The molecule has 0 saturated carbocycles. The van der Waals surface area contributed by atoms with Crippen LogP contribution in [0.3, 0.4) is 0 Å². The predicted octanol–water partition coefficient (Wildman–Crippen LogP) is 0.563. The number of carbonyl (C=O) groups is 1. The summed E-state index contributed by atoms with van der Waals surface area (Å²) in [6.07, 6.45) is 2.63. The summed E-state index contributed by atoms with van der Waals surface area (Å²) in [6, 6.07) is 0.351. The first-order chi connectivity index (χ1) is 6.24. The Bertz CT molecular complexity index is 175. The molecule has 2 atom stereocenters. The SMILES string of the molecule is CCCC(=O)NCC1NCCC1S. The number of nitrogens with one attached hydrogen (secondary N) is 2. The Balaban J connectivity index is 2.14. The van der Waals surface area contributed by atoms with Crippen LogP contribution >= 0.6 is 12.6 Å². The summed E-state index contributed by atoms with van der Waals surface area (Å²) in [7, 11) is 0. The van der Waals surface area contributed by atoms with Gasteiger partial charge in [0.25, 0.3) is 0 Å².